The van der Waals surface area contributed by atoms with E-state index in [0.29, 0.717) is 23.4 Å². The van der Waals surface area contributed by atoms with Crippen molar-refractivity contribution < 1.29 is 40.8 Å². The molecule has 4 aromatic rings. The molecule has 0 spiro atoms. The molecule has 1 saturated carbocycles. The van der Waals surface area contributed by atoms with E-state index in [1.54, 1.807) is 6.07 Å². The van der Waals surface area contributed by atoms with Gasteiger partial charge in [-0.25, -0.2) is 13.6 Å². The second-order valence-electron chi connectivity index (χ2n) is 13.5. The molecule has 1 aliphatic carbocycles. The zero-order valence-electron chi connectivity index (χ0n) is 27.0. The molecule has 0 radical (unpaired) electrons. The first-order valence-electron chi connectivity index (χ1n) is 15.6. The number of carbonyl (C=O) groups is 1. The van der Waals surface area contributed by atoms with Crippen LogP contribution in [0.3, 0.4) is 0 Å². The summed E-state index contributed by atoms with van der Waals surface area (Å²) in [5.74, 6) is -1.09. The van der Waals surface area contributed by atoms with Crippen LogP contribution in [0, 0.1) is 12.4 Å². The number of carbonyl (C=O) groups excluding carboxylic acids is 1. The number of hydrogen-bond donors (Lipinski definition) is 0. The number of methoxy groups -OCH3 is 1. The van der Waals surface area contributed by atoms with E-state index in [9.17, 15) is 26.7 Å². The van der Waals surface area contributed by atoms with E-state index in [-0.39, 0.29) is 59.6 Å². The largest absolute Gasteiger partial charge is 0.464 e. The van der Waals surface area contributed by atoms with Gasteiger partial charge in [0.25, 0.3) is 5.91 Å². The lowest BCUT2D eigenvalue weighted by atomic mass is 9.96. The van der Waals surface area contributed by atoms with Crippen LogP contribution in [0.25, 0.3) is 32.7 Å². The molecule has 14 heteroatoms. The molecule has 1 saturated heterocycles. The monoisotopic (exact) mass is 684 g/mol. The Morgan fingerprint density at radius 2 is 1.90 bits per heavy atom. The smallest absolute Gasteiger partial charge is 0.419 e. The molecule has 8 nitrogen and oxygen atoms in total. The van der Waals surface area contributed by atoms with Crippen molar-refractivity contribution in [1.82, 2.24) is 14.5 Å². The first-order valence-corrected chi connectivity index (χ1v) is 19.3. The number of halogens is 5. The van der Waals surface area contributed by atoms with Crippen LogP contribution in [0.4, 0.5) is 27.6 Å². The molecule has 48 heavy (non-hydrogen) atoms. The van der Waals surface area contributed by atoms with Gasteiger partial charge in [-0.3, -0.25) is 4.79 Å². The van der Waals surface area contributed by atoms with Gasteiger partial charge in [-0.1, -0.05) is 25.7 Å². The maximum atomic E-state index is 14.8. The zero-order chi connectivity index (χ0) is 34.5. The molecule has 1 aliphatic heterocycles. The molecular formula is C34H35F5N5O3Si+. The van der Waals surface area contributed by atoms with Crippen molar-refractivity contribution in [3.63, 3.8) is 0 Å². The van der Waals surface area contributed by atoms with Crippen LogP contribution < -0.4 is 9.30 Å². The van der Waals surface area contributed by atoms with Crippen molar-refractivity contribution in [2.75, 3.05) is 26.8 Å². The molecule has 2 fully saturated rings. The highest BCUT2D eigenvalue weighted by molar-refractivity contribution is 6.76. The average molecular weight is 685 g/mol. The Balaban J connectivity index is 1.55. The van der Waals surface area contributed by atoms with E-state index in [1.807, 2.05) is 0 Å². The van der Waals surface area contributed by atoms with Crippen LogP contribution >= 0.6 is 0 Å². The lowest BCUT2D eigenvalue weighted by Gasteiger charge is -2.34. The van der Waals surface area contributed by atoms with Crippen molar-refractivity contribution >= 4 is 30.6 Å². The predicted octanol–water partition coefficient (Wildman–Crippen LogP) is 7.68. The molecule has 2 aliphatic rings. The standard InChI is InChI=1S/C34H35F5N5O3Si/c1-40-28-18-43(19-47-10-11-48(3,4)5)31-30(28)26(34(37,38)39)17-44(33(31)46-2)29-13-21(12-27(41-29)20-6-7-20)24-9-8-22(35)14-25(24)32(45)42-15-23(36)16-42/h8-9,12-14,17-18,20,23H,6-7,10-11,15-16,19H2,2-5H3/q+1. The van der Waals surface area contributed by atoms with Gasteiger partial charge < -0.3 is 18.9 Å². The number of aromatic nitrogens is 3. The van der Waals surface area contributed by atoms with E-state index in [2.05, 4.69) is 24.5 Å². The Kier molecular flexibility index (Phi) is 8.80. The Morgan fingerprint density at radius 3 is 2.50 bits per heavy atom. The number of rotatable bonds is 10. The minimum Gasteiger partial charge on any atom is -0.464 e. The maximum Gasteiger partial charge on any atom is 0.419 e. The molecule has 0 unspecified atom stereocenters. The quantitative estimate of drug-likeness (QED) is 0.0566. The Labute approximate surface area is 275 Å². The second-order valence-corrected chi connectivity index (χ2v) is 19.1. The number of nitrogens with zero attached hydrogens (tertiary/aromatic N) is 5. The molecule has 252 valence electrons. The van der Waals surface area contributed by atoms with Crippen molar-refractivity contribution in [3.05, 3.63) is 76.8 Å². The van der Waals surface area contributed by atoms with Crippen molar-refractivity contribution in [2.24, 2.45) is 0 Å². The molecule has 0 atom stereocenters. The molecule has 1 amide bonds. The molecule has 4 heterocycles. The van der Waals surface area contributed by atoms with Gasteiger partial charge in [-0.2, -0.15) is 17.7 Å². The van der Waals surface area contributed by atoms with Crippen LogP contribution in [0.5, 0.6) is 5.88 Å². The summed E-state index contributed by atoms with van der Waals surface area (Å²) in [6, 6.07) is 7.82. The van der Waals surface area contributed by atoms with Gasteiger partial charge in [0.15, 0.2) is 5.69 Å². The number of hydrogen-bond acceptors (Lipinski definition) is 4. The van der Waals surface area contributed by atoms with Crippen molar-refractivity contribution in [3.8, 4) is 22.8 Å². The maximum absolute atomic E-state index is 14.8. The van der Waals surface area contributed by atoms with E-state index in [4.69, 9.17) is 21.0 Å². The first kappa shape index (κ1) is 33.5. The molecule has 1 aromatic carbocycles. The summed E-state index contributed by atoms with van der Waals surface area (Å²) in [5, 5.41) is -0.315. The average Bonchev–Trinajstić information content (AvgIpc) is 3.80. The number of benzene rings is 1. The third-order valence-corrected chi connectivity index (χ3v) is 10.3. The number of amides is 1. The lowest BCUT2D eigenvalue weighted by Crippen LogP contribution is -2.51. The Morgan fingerprint density at radius 1 is 1.17 bits per heavy atom. The highest BCUT2D eigenvalue weighted by Crippen LogP contribution is 2.44. The van der Waals surface area contributed by atoms with Crippen molar-refractivity contribution in [2.45, 2.75) is 63.5 Å². The summed E-state index contributed by atoms with van der Waals surface area (Å²) in [6.07, 6.45) is -2.17. The second kappa shape index (κ2) is 12.6. The van der Waals surface area contributed by atoms with Crippen LogP contribution in [-0.4, -0.2) is 61.4 Å². The topological polar surface area (TPSA) is 64.8 Å². The van der Waals surface area contributed by atoms with Crippen LogP contribution in [0.1, 0.15) is 40.4 Å². The summed E-state index contributed by atoms with van der Waals surface area (Å²) >= 11 is 0. The summed E-state index contributed by atoms with van der Waals surface area (Å²) in [7, 11) is -0.125. The molecule has 3 aromatic heterocycles. The normalized spacial score (nSPS) is 15.5. The van der Waals surface area contributed by atoms with E-state index in [0.717, 1.165) is 31.1 Å². The summed E-state index contributed by atoms with van der Waals surface area (Å²) in [6.45, 7) is 14.3. The summed E-state index contributed by atoms with van der Waals surface area (Å²) < 4.78 is 86.8. The van der Waals surface area contributed by atoms with E-state index < -0.39 is 37.7 Å². The Hall–Kier alpha value is -4.35. The van der Waals surface area contributed by atoms with Crippen LogP contribution in [0.15, 0.2) is 42.7 Å². The van der Waals surface area contributed by atoms with Gasteiger partial charge in [0.1, 0.15) is 30.4 Å². The van der Waals surface area contributed by atoms with Gasteiger partial charge in [-0.05, 0) is 53.2 Å². The van der Waals surface area contributed by atoms with Crippen LogP contribution in [0.2, 0.25) is 25.7 Å². The van der Waals surface area contributed by atoms with E-state index in [1.165, 1.54) is 45.5 Å². The van der Waals surface area contributed by atoms with Gasteiger partial charge in [0.2, 0.25) is 5.69 Å². The number of fused-ring (bicyclic) bond motifs is 1. The molecule has 0 N–H and O–H groups in total. The minimum atomic E-state index is -4.85. The number of likely N-dealkylation sites (tertiary alicyclic amines) is 1. The van der Waals surface area contributed by atoms with Crippen molar-refractivity contribution in [1.29, 1.82) is 0 Å². The lowest BCUT2D eigenvalue weighted by molar-refractivity contribution is -0.606. The van der Waals surface area contributed by atoms with Gasteiger partial charge in [0.05, 0.1) is 37.9 Å². The minimum absolute atomic E-state index is 0.00179. The number of ether oxygens (including phenoxy) is 2. The predicted molar refractivity (Wildman–Crippen MR) is 171 cm³/mol. The highest BCUT2D eigenvalue weighted by Gasteiger charge is 2.40. The number of pyridine rings is 2. The van der Waals surface area contributed by atoms with Gasteiger partial charge >= 0.3 is 17.9 Å². The third-order valence-electron chi connectivity index (χ3n) is 8.57. The fraction of sp³-hybridized carbons (Fsp3) is 0.412. The fourth-order valence-corrected chi connectivity index (χ4v) is 6.58. The fourth-order valence-electron chi connectivity index (χ4n) is 5.82. The highest BCUT2D eigenvalue weighted by atomic mass is 28.3. The number of alkyl halides is 4. The molecule has 0 bridgehead atoms. The zero-order valence-corrected chi connectivity index (χ0v) is 28.0. The van der Waals surface area contributed by atoms with Crippen LogP contribution in [-0.2, 0) is 17.6 Å². The third kappa shape index (κ3) is 6.66. The first-order chi connectivity index (χ1) is 22.7. The van der Waals surface area contributed by atoms with Gasteiger partial charge in [-0.15, -0.1) is 0 Å². The molecular weight excluding hydrogens is 649 g/mol. The van der Waals surface area contributed by atoms with E-state index >= 15 is 0 Å². The summed E-state index contributed by atoms with van der Waals surface area (Å²) in [5.41, 5.74) is 0.124. The SMILES string of the molecule is [C-]#[N+]c1cn(COCC[Si](C)(C)C)c2c(OC)[n+](-c3cc(-c4ccc(F)cc4C(=O)N4CC(F)C4)cc(C4CC4)n3)cc(C(F)(F)F)c12. The van der Waals surface area contributed by atoms with Gasteiger partial charge in [0, 0.05) is 38.2 Å². The Bertz CT molecular complexity index is 1940. The molecule has 6 rings (SSSR count). The summed E-state index contributed by atoms with van der Waals surface area (Å²) in [4.78, 5) is 22.8.